The van der Waals surface area contributed by atoms with Crippen molar-refractivity contribution in [3.8, 4) is 0 Å². The van der Waals surface area contributed by atoms with Gasteiger partial charge in [-0.2, -0.15) is 0 Å². The van der Waals surface area contributed by atoms with Crippen molar-refractivity contribution < 1.29 is 52.7 Å². The van der Waals surface area contributed by atoms with Gasteiger partial charge in [-0.25, -0.2) is 9.59 Å². The van der Waals surface area contributed by atoms with E-state index >= 15 is 0 Å². The molecule has 0 fully saturated rings. The lowest BCUT2D eigenvalue weighted by molar-refractivity contribution is -0.134. The Morgan fingerprint density at radius 3 is 1.26 bits per heavy atom. The summed E-state index contributed by atoms with van der Waals surface area (Å²) in [7, 11) is 0. The van der Waals surface area contributed by atoms with E-state index in [9.17, 15) is 47.9 Å². The zero-order valence-corrected chi connectivity index (χ0v) is 53.9. The van der Waals surface area contributed by atoms with Gasteiger partial charge in [-0.1, -0.05) is 69.2 Å². The molecule has 0 saturated heterocycles. The van der Waals surface area contributed by atoms with Gasteiger partial charge in [0.05, 0.1) is 31.7 Å². The number of ketones is 4. The number of hydrogen-bond acceptors (Lipinski definition) is 14. The second kappa shape index (κ2) is 37.2. The highest BCUT2D eigenvalue weighted by molar-refractivity contribution is 5.94. The summed E-state index contributed by atoms with van der Waals surface area (Å²) in [5.74, 6) is -0.982. The van der Waals surface area contributed by atoms with E-state index in [2.05, 4.69) is 61.7 Å². The van der Waals surface area contributed by atoms with Gasteiger partial charge in [0.1, 0.15) is 23.0 Å². The van der Waals surface area contributed by atoms with Crippen LogP contribution in [0.2, 0.25) is 0 Å². The van der Waals surface area contributed by atoms with Crippen LogP contribution in [0.15, 0.2) is 0 Å². The molecule has 21 nitrogen and oxygen atoms in total. The molecule has 0 aromatic rings. The lowest BCUT2D eigenvalue weighted by atomic mass is 9.77. The number of alkyl carbamates (subject to hydrolysis) is 1. The first kappa shape index (κ1) is 79.2. The Morgan fingerprint density at radius 1 is 0.475 bits per heavy atom. The number of urea groups is 1. The molecule has 0 heterocycles. The summed E-state index contributed by atoms with van der Waals surface area (Å²) in [6.07, 6.45) is 3.14. The zero-order valence-electron chi connectivity index (χ0n) is 53.9. The molecule has 0 saturated carbocycles. The first-order valence-electron chi connectivity index (χ1n) is 28.6. The SMILES string of the molecule is CC(=O)NCCCC(CC(=O)C(NC(C)(C)C)C(C)C)C(=O)C(C)(C)C.CC(C)(C)NCC(=O)NCC(=O)NCC(=O)NCCNC(=O)OC(C)(C)C.CC(C)CC(NC(C)(C)C)C(=O)CC(CCCNC(N)=O)C(=O)C(C)(C)C. The van der Waals surface area contributed by atoms with E-state index in [-0.39, 0.29) is 127 Å². The number of ether oxygens (including phenoxy) is 1. The van der Waals surface area contributed by atoms with Crippen LogP contribution in [0, 0.1) is 34.5 Å². The molecule has 4 unspecified atom stereocenters. The molecule has 0 aromatic carbocycles. The van der Waals surface area contributed by atoms with Gasteiger partial charge in [0.25, 0.3) is 0 Å². The molecule has 7 amide bonds. The summed E-state index contributed by atoms with van der Waals surface area (Å²) >= 11 is 0. The molecule has 0 aliphatic carbocycles. The second-order valence-electron chi connectivity index (χ2n) is 27.6. The van der Waals surface area contributed by atoms with Gasteiger partial charge >= 0.3 is 12.1 Å². The maximum atomic E-state index is 13.0. The van der Waals surface area contributed by atoms with Crippen LogP contribution in [0.4, 0.5) is 9.59 Å². The van der Waals surface area contributed by atoms with Crippen LogP contribution in [0.25, 0.3) is 0 Å². The third-order valence-corrected chi connectivity index (χ3v) is 11.3. The highest BCUT2D eigenvalue weighted by Gasteiger charge is 2.36. The van der Waals surface area contributed by atoms with Crippen molar-refractivity contribution in [1.82, 2.24) is 47.9 Å². The first-order chi connectivity index (χ1) is 36.1. The molecule has 0 radical (unpaired) electrons. The predicted molar refractivity (Wildman–Crippen MR) is 319 cm³/mol. The number of primary amides is 1. The van der Waals surface area contributed by atoms with Gasteiger partial charge in [0, 0.05) is 85.2 Å². The summed E-state index contributed by atoms with van der Waals surface area (Å²) in [6, 6.07) is -1.10. The predicted octanol–water partition coefficient (Wildman–Crippen LogP) is 6.18. The summed E-state index contributed by atoms with van der Waals surface area (Å²) in [5, 5.41) is 25.0. The number of carbonyl (C=O) groups is 10. The third kappa shape index (κ3) is 45.7. The van der Waals surface area contributed by atoms with Crippen LogP contribution < -0.4 is 53.6 Å². The van der Waals surface area contributed by atoms with Crippen molar-refractivity contribution in [2.24, 2.45) is 40.2 Å². The molecule has 0 spiro atoms. The van der Waals surface area contributed by atoms with Crippen LogP contribution in [0.5, 0.6) is 0 Å². The Morgan fingerprint density at radius 2 is 0.887 bits per heavy atom. The van der Waals surface area contributed by atoms with Crippen molar-refractivity contribution in [3.63, 3.8) is 0 Å². The fourth-order valence-corrected chi connectivity index (χ4v) is 7.73. The van der Waals surface area contributed by atoms with E-state index in [0.29, 0.717) is 44.7 Å². The van der Waals surface area contributed by atoms with E-state index in [1.54, 1.807) is 20.8 Å². The molecule has 0 aromatic heterocycles. The van der Waals surface area contributed by atoms with Crippen LogP contribution in [0.1, 0.15) is 204 Å². The Balaban J connectivity index is -0.00000111. The summed E-state index contributed by atoms with van der Waals surface area (Å²) in [5.41, 5.74) is 2.97. The first-order valence-corrected chi connectivity index (χ1v) is 28.6. The van der Waals surface area contributed by atoms with Gasteiger partial charge < -0.3 is 58.3 Å². The lowest BCUT2D eigenvalue weighted by Gasteiger charge is -2.32. The maximum Gasteiger partial charge on any atom is 0.407 e. The van der Waals surface area contributed by atoms with Gasteiger partial charge in [0.15, 0.2) is 5.78 Å². The van der Waals surface area contributed by atoms with E-state index in [1.165, 1.54) is 6.92 Å². The van der Waals surface area contributed by atoms with Crippen molar-refractivity contribution in [3.05, 3.63) is 0 Å². The standard InChI is InChI=1S/C21H41N3O3.C21H40N2O3.C17H33N5O5/c1-14(2)12-16(24-21(6,7)8)17(25)13-15(18(26)20(3,4)5)10-9-11-23-19(22)27;1-14(2)18(23-21(7,8)9)17(25)13-16(19(26)20(4,5)6)11-10-12-22-15(3)24;1-16(2,3)22-11-14(25)21-10-13(24)20-9-12(23)18-7-8-19-15(26)27-17(4,5)6/h14-16,24H,9-13H2,1-8H3,(H3,22,23,27);14,16,18,23H,10-13H2,1-9H3,(H,22,24);22H,7-11H2,1-6H3,(H,18,23)(H,19,26)(H,20,24)(H,21,25). The number of nitrogens with two attached hydrogens (primary N) is 1. The summed E-state index contributed by atoms with van der Waals surface area (Å²) in [4.78, 5) is 120. The van der Waals surface area contributed by atoms with Crippen LogP contribution in [-0.4, -0.2) is 139 Å². The van der Waals surface area contributed by atoms with Crippen molar-refractivity contribution in [2.75, 3.05) is 45.8 Å². The molecule has 80 heavy (non-hydrogen) atoms. The fraction of sp³-hybridized carbons (Fsp3) is 0.831. The van der Waals surface area contributed by atoms with E-state index in [1.807, 2.05) is 118 Å². The molecule has 21 heteroatoms. The average Bonchev–Trinajstić information content (AvgIpc) is 3.26. The van der Waals surface area contributed by atoms with Gasteiger partial charge in [-0.3, -0.25) is 38.4 Å². The highest BCUT2D eigenvalue weighted by atomic mass is 16.6. The molecule has 466 valence electrons. The number of rotatable bonds is 30. The minimum Gasteiger partial charge on any atom is -0.444 e. The molecule has 0 bridgehead atoms. The normalized spacial score (nSPS) is 13.6. The highest BCUT2D eigenvalue weighted by Crippen LogP contribution is 2.29. The minimum absolute atomic E-state index is 0.0750. The third-order valence-electron chi connectivity index (χ3n) is 11.3. The molecule has 0 aliphatic heterocycles. The topological polar surface area (TPSA) is 314 Å². The van der Waals surface area contributed by atoms with Gasteiger partial charge in [-0.15, -0.1) is 0 Å². The number of amides is 7. The largest absolute Gasteiger partial charge is 0.444 e. The number of nitrogens with one attached hydrogen (secondary N) is 9. The zero-order chi connectivity index (χ0) is 63.2. The Bertz CT molecular complexity index is 1950. The Labute approximate surface area is 482 Å². The van der Waals surface area contributed by atoms with Crippen molar-refractivity contribution in [1.29, 1.82) is 0 Å². The van der Waals surface area contributed by atoms with E-state index < -0.39 is 40.4 Å². The number of Topliss-reactive ketones (excluding diaryl/α,β-unsaturated/α-hetero) is 4. The second-order valence-corrected chi connectivity index (χ2v) is 27.6. The summed E-state index contributed by atoms with van der Waals surface area (Å²) in [6.45, 7) is 45.4. The minimum atomic E-state index is -0.587. The van der Waals surface area contributed by atoms with E-state index in [4.69, 9.17) is 10.5 Å². The molecule has 0 aliphatic rings. The lowest BCUT2D eigenvalue weighted by Crippen LogP contribution is -2.51. The van der Waals surface area contributed by atoms with Gasteiger partial charge in [0.2, 0.25) is 23.6 Å². The van der Waals surface area contributed by atoms with Crippen molar-refractivity contribution >= 4 is 58.9 Å². The average molecular weight is 1140 g/mol. The molecular weight excluding hydrogens is 1020 g/mol. The van der Waals surface area contributed by atoms with Crippen LogP contribution in [0.3, 0.4) is 0 Å². The number of hydrogen-bond donors (Lipinski definition) is 10. The molecule has 4 atom stereocenters. The summed E-state index contributed by atoms with van der Waals surface area (Å²) < 4.78 is 5.05. The molecular formula is C59H114N10O11. The quantitative estimate of drug-likeness (QED) is 0.0359. The van der Waals surface area contributed by atoms with E-state index in [0.717, 1.165) is 6.42 Å². The Hall–Kier alpha value is -5.02. The van der Waals surface area contributed by atoms with Crippen LogP contribution >= 0.6 is 0 Å². The van der Waals surface area contributed by atoms with Gasteiger partial charge in [-0.05, 0) is 127 Å². The number of carbonyl (C=O) groups excluding carboxylic acids is 10. The smallest absolute Gasteiger partial charge is 0.407 e. The monoisotopic (exact) mass is 1140 g/mol. The molecule has 11 N–H and O–H groups in total. The Kier molecular flexibility index (Phi) is 36.8. The molecule has 0 rings (SSSR count). The fourth-order valence-electron chi connectivity index (χ4n) is 7.73. The van der Waals surface area contributed by atoms with Crippen LogP contribution in [-0.2, 0) is 43.1 Å². The maximum absolute atomic E-state index is 13.0. The van der Waals surface area contributed by atoms with Crippen molar-refractivity contribution in [2.45, 2.75) is 238 Å².